The molecule has 0 saturated heterocycles. The Bertz CT molecular complexity index is 694. The van der Waals surface area contributed by atoms with E-state index in [2.05, 4.69) is 10.3 Å². The highest BCUT2D eigenvalue weighted by Crippen LogP contribution is 2.23. The zero-order valence-electron chi connectivity index (χ0n) is 10.4. The largest absolute Gasteiger partial charge is 0.508 e. The predicted octanol–water partition coefficient (Wildman–Crippen LogP) is 2.63. The van der Waals surface area contributed by atoms with E-state index in [9.17, 15) is 14.7 Å². The molecule has 4 N–H and O–H groups in total. The Morgan fingerprint density at radius 2 is 2.00 bits per heavy atom. The first kappa shape index (κ1) is 14.0. The molecule has 0 fully saturated rings. The van der Waals surface area contributed by atoms with Gasteiger partial charge in [0.2, 0.25) is 0 Å². The van der Waals surface area contributed by atoms with Crippen LogP contribution in [0.25, 0.3) is 0 Å². The van der Waals surface area contributed by atoms with Crippen molar-refractivity contribution in [2.45, 2.75) is 6.92 Å². The number of nitrogens with one attached hydrogen (secondary N) is 2. The Morgan fingerprint density at radius 1 is 1.30 bits per heavy atom. The van der Waals surface area contributed by atoms with Gasteiger partial charge in [-0.05, 0) is 31.2 Å². The molecule has 2 rings (SSSR count). The second-order valence-electron chi connectivity index (χ2n) is 4.16. The molecule has 20 heavy (non-hydrogen) atoms. The van der Waals surface area contributed by atoms with Crippen LogP contribution in [0.5, 0.6) is 5.75 Å². The first-order valence-electron chi connectivity index (χ1n) is 5.61. The highest BCUT2D eigenvalue weighted by atomic mass is 35.5. The third-order valence-electron chi connectivity index (χ3n) is 2.61. The molecule has 1 aromatic carbocycles. The monoisotopic (exact) mass is 294 g/mol. The number of carbonyl (C=O) groups excluding carboxylic acids is 1. The van der Waals surface area contributed by atoms with E-state index in [1.54, 1.807) is 6.92 Å². The van der Waals surface area contributed by atoms with E-state index in [0.717, 1.165) is 0 Å². The van der Waals surface area contributed by atoms with Crippen LogP contribution in [0.1, 0.15) is 26.5 Å². The second kappa shape index (κ2) is 5.26. The lowest BCUT2D eigenvalue weighted by Gasteiger charge is -2.06. The number of halogens is 1. The Kier molecular flexibility index (Phi) is 3.67. The van der Waals surface area contributed by atoms with Gasteiger partial charge in [-0.1, -0.05) is 11.6 Å². The molecular weight excluding hydrogens is 284 g/mol. The van der Waals surface area contributed by atoms with Gasteiger partial charge >= 0.3 is 5.97 Å². The molecule has 1 heterocycles. The Hall–Kier alpha value is -2.47. The standard InChI is InChI=1S/C13H11ClN2O4/c1-6-4-10(11(15-6)13(19)20)16-12(18)8-5-7(17)2-3-9(8)14/h2-5,15,17H,1H3,(H,16,18)(H,19,20). The molecule has 0 spiro atoms. The number of phenols is 1. The lowest BCUT2D eigenvalue weighted by atomic mass is 10.2. The van der Waals surface area contributed by atoms with E-state index < -0.39 is 11.9 Å². The second-order valence-corrected chi connectivity index (χ2v) is 4.57. The molecule has 1 aromatic heterocycles. The van der Waals surface area contributed by atoms with Crippen LogP contribution in [0.4, 0.5) is 5.69 Å². The number of hydrogen-bond acceptors (Lipinski definition) is 3. The van der Waals surface area contributed by atoms with E-state index in [-0.39, 0.29) is 27.7 Å². The summed E-state index contributed by atoms with van der Waals surface area (Å²) in [5, 5.41) is 21.0. The SMILES string of the molecule is Cc1cc(NC(=O)c2cc(O)ccc2Cl)c(C(=O)O)[nH]1. The number of rotatable bonds is 3. The summed E-state index contributed by atoms with van der Waals surface area (Å²) in [4.78, 5) is 25.7. The minimum Gasteiger partial charge on any atom is -0.508 e. The van der Waals surface area contributed by atoms with Crippen LogP contribution in [0.15, 0.2) is 24.3 Å². The van der Waals surface area contributed by atoms with Gasteiger partial charge in [0.15, 0.2) is 0 Å². The number of hydrogen-bond donors (Lipinski definition) is 4. The van der Waals surface area contributed by atoms with Crippen molar-refractivity contribution in [3.63, 3.8) is 0 Å². The maximum absolute atomic E-state index is 12.1. The molecule has 7 heteroatoms. The van der Waals surface area contributed by atoms with Gasteiger partial charge in [0.05, 0.1) is 16.3 Å². The number of aromatic carboxylic acids is 1. The Labute approximate surface area is 119 Å². The molecular formula is C13H11ClN2O4. The number of carboxylic acid groups (broad SMARTS) is 1. The highest BCUT2D eigenvalue weighted by molar-refractivity contribution is 6.34. The van der Waals surface area contributed by atoms with Crippen molar-refractivity contribution in [2.75, 3.05) is 5.32 Å². The quantitative estimate of drug-likeness (QED) is 0.698. The number of aromatic amines is 1. The number of aromatic hydroxyl groups is 1. The molecule has 0 unspecified atom stereocenters. The van der Waals surface area contributed by atoms with E-state index in [1.165, 1.54) is 24.3 Å². The van der Waals surface area contributed by atoms with Crippen LogP contribution in [0.2, 0.25) is 5.02 Å². The van der Waals surface area contributed by atoms with Crippen molar-refractivity contribution in [3.8, 4) is 5.75 Å². The zero-order valence-corrected chi connectivity index (χ0v) is 11.2. The molecule has 0 atom stereocenters. The van der Waals surface area contributed by atoms with Crippen molar-refractivity contribution in [1.29, 1.82) is 0 Å². The minimum atomic E-state index is -1.18. The van der Waals surface area contributed by atoms with Crippen molar-refractivity contribution in [1.82, 2.24) is 4.98 Å². The Balaban J connectivity index is 2.32. The van der Waals surface area contributed by atoms with Gasteiger partial charge in [0.1, 0.15) is 11.4 Å². The number of phenolic OH excluding ortho intramolecular Hbond substituents is 1. The van der Waals surface area contributed by atoms with Gasteiger partial charge in [-0.2, -0.15) is 0 Å². The van der Waals surface area contributed by atoms with Gasteiger partial charge in [-0.25, -0.2) is 4.79 Å². The average molecular weight is 295 g/mol. The first-order chi connectivity index (χ1) is 9.38. The lowest BCUT2D eigenvalue weighted by Crippen LogP contribution is -2.14. The molecule has 0 bridgehead atoms. The zero-order chi connectivity index (χ0) is 14.9. The summed E-state index contributed by atoms with van der Waals surface area (Å²) in [5.74, 6) is -1.90. The lowest BCUT2D eigenvalue weighted by molar-refractivity contribution is 0.0692. The number of benzene rings is 1. The van der Waals surface area contributed by atoms with E-state index in [0.29, 0.717) is 5.69 Å². The van der Waals surface area contributed by atoms with Crippen molar-refractivity contribution < 1.29 is 19.8 Å². The summed E-state index contributed by atoms with van der Waals surface area (Å²) in [6.45, 7) is 1.67. The smallest absolute Gasteiger partial charge is 0.354 e. The maximum Gasteiger partial charge on any atom is 0.354 e. The molecule has 0 radical (unpaired) electrons. The number of aryl methyl sites for hydroxylation is 1. The first-order valence-corrected chi connectivity index (χ1v) is 5.99. The predicted molar refractivity (Wildman–Crippen MR) is 73.6 cm³/mol. The fourth-order valence-corrected chi connectivity index (χ4v) is 1.94. The van der Waals surface area contributed by atoms with Gasteiger partial charge in [0, 0.05) is 5.69 Å². The van der Waals surface area contributed by atoms with Crippen LogP contribution in [0, 0.1) is 6.92 Å². The van der Waals surface area contributed by atoms with Crippen LogP contribution >= 0.6 is 11.6 Å². The third-order valence-corrected chi connectivity index (χ3v) is 2.94. The summed E-state index contributed by atoms with van der Waals surface area (Å²) in [7, 11) is 0. The number of anilines is 1. The summed E-state index contributed by atoms with van der Waals surface area (Å²) in [6, 6.07) is 5.43. The van der Waals surface area contributed by atoms with E-state index >= 15 is 0 Å². The normalized spacial score (nSPS) is 10.3. The third kappa shape index (κ3) is 2.75. The number of carboxylic acids is 1. The fourth-order valence-electron chi connectivity index (χ4n) is 1.73. The molecule has 1 amide bonds. The van der Waals surface area contributed by atoms with Crippen molar-refractivity contribution >= 4 is 29.2 Å². The molecule has 0 aliphatic carbocycles. The summed E-state index contributed by atoms with van der Waals surface area (Å²) in [5.41, 5.74) is 0.674. The molecule has 0 aliphatic rings. The fraction of sp³-hybridized carbons (Fsp3) is 0.0769. The highest BCUT2D eigenvalue weighted by Gasteiger charge is 2.18. The van der Waals surface area contributed by atoms with Crippen LogP contribution in [0.3, 0.4) is 0 Å². The van der Waals surface area contributed by atoms with Gasteiger partial charge < -0.3 is 20.5 Å². The summed E-state index contributed by atoms with van der Waals surface area (Å²) in [6.07, 6.45) is 0. The molecule has 104 valence electrons. The molecule has 0 aliphatic heterocycles. The molecule has 6 nitrogen and oxygen atoms in total. The topological polar surface area (TPSA) is 102 Å². The summed E-state index contributed by atoms with van der Waals surface area (Å²) < 4.78 is 0. The van der Waals surface area contributed by atoms with E-state index in [4.69, 9.17) is 16.7 Å². The molecule has 0 saturated carbocycles. The van der Waals surface area contributed by atoms with Gasteiger partial charge in [-0.3, -0.25) is 4.79 Å². The van der Waals surface area contributed by atoms with E-state index in [1.807, 2.05) is 0 Å². The van der Waals surface area contributed by atoms with Gasteiger partial charge in [0.25, 0.3) is 5.91 Å². The summed E-state index contributed by atoms with van der Waals surface area (Å²) >= 11 is 5.87. The number of H-pyrrole nitrogens is 1. The average Bonchev–Trinajstić information content (AvgIpc) is 2.73. The Morgan fingerprint density at radius 3 is 2.65 bits per heavy atom. The number of aromatic nitrogens is 1. The van der Waals surface area contributed by atoms with Gasteiger partial charge in [-0.15, -0.1) is 0 Å². The molecule has 2 aromatic rings. The minimum absolute atomic E-state index is 0.0573. The van der Waals surface area contributed by atoms with Crippen LogP contribution < -0.4 is 5.32 Å². The maximum atomic E-state index is 12.1. The number of amides is 1. The van der Waals surface area contributed by atoms with Crippen molar-refractivity contribution in [2.24, 2.45) is 0 Å². The number of carbonyl (C=O) groups is 2. The van der Waals surface area contributed by atoms with Crippen LogP contribution in [-0.2, 0) is 0 Å². The van der Waals surface area contributed by atoms with Crippen LogP contribution in [-0.4, -0.2) is 27.1 Å². The van der Waals surface area contributed by atoms with Crippen molar-refractivity contribution in [3.05, 3.63) is 46.2 Å².